The summed E-state index contributed by atoms with van der Waals surface area (Å²) in [6.07, 6.45) is 0.763. The van der Waals surface area contributed by atoms with Crippen LogP contribution >= 0.6 is 0 Å². The van der Waals surface area contributed by atoms with E-state index in [0.29, 0.717) is 0 Å². The molecule has 2 N–H and O–H groups in total. The van der Waals surface area contributed by atoms with Crippen molar-refractivity contribution in [1.29, 1.82) is 0 Å². The molecule has 31 heavy (non-hydrogen) atoms. The number of hydrogen-bond donors (Lipinski definition) is 2. The fraction of sp³-hybridized carbons (Fsp3) is 0.208. The predicted octanol–water partition coefficient (Wildman–Crippen LogP) is 3.73. The van der Waals surface area contributed by atoms with Gasteiger partial charge in [0.25, 0.3) is 0 Å². The summed E-state index contributed by atoms with van der Waals surface area (Å²) >= 11 is 0. The predicted molar refractivity (Wildman–Crippen MR) is 118 cm³/mol. The molecule has 0 spiro atoms. The van der Waals surface area contributed by atoms with E-state index in [9.17, 15) is 18.3 Å². The van der Waals surface area contributed by atoms with Gasteiger partial charge in [0.15, 0.2) is 0 Å². The highest BCUT2D eigenvalue weighted by Crippen LogP contribution is 2.27. The quantitative estimate of drug-likeness (QED) is 0.390. The molecule has 0 unspecified atom stereocenters. The van der Waals surface area contributed by atoms with Crippen LogP contribution in [0.2, 0.25) is 0 Å². The molecule has 0 aliphatic rings. The summed E-state index contributed by atoms with van der Waals surface area (Å²) in [4.78, 5) is 12.0. The molecular formula is C24H25NO5S. The molecule has 0 aliphatic heterocycles. The number of esters is 1. The molecule has 162 valence electrons. The van der Waals surface area contributed by atoms with E-state index >= 15 is 0 Å². The number of carbonyl (C=O) groups is 1. The lowest BCUT2D eigenvalue weighted by molar-refractivity contribution is 0.0522. The Hall–Kier alpha value is -3.16. The summed E-state index contributed by atoms with van der Waals surface area (Å²) < 4.78 is 30.8. The van der Waals surface area contributed by atoms with Gasteiger partial charge in [-0.1, -0.05) is 42.5 Å². The fourth-order valence-electron chi connectivity index (χ4n) is 3.09. The highest BCUT2D eigenvalue weighted by atomic mass is 32.2. The van der Waals surface area contributed by atoms with Crippen LogP contribution in [0.5, 0.6) is 5.75 Å². The van der Waals surface area contributed by atoms with Gasteiger partial charge in [-0.2, -0.15) is 0 Å². The summed E-state index contributed by atoms with van der Waals surface area (Å²) in [7, 11) is -3.84. The monoisotopic (exact) mass is 439 g/mol. The van der Waals surface area contributed by atoms with Crippen LogP contribution in [0.4, 0.5) is 0 Å². The molecule has 0 saturated carbocycles. The standard InChI is InChI=1S/C24H25NO5S/c1-2-30-24(27)22-16-21(12-13-23(22)26)31(28,29)20-10-8-18(9-11-20)14-15-25-17-19-6-4-3-5-7-19/h3-13,16,25-26H,2,14-15,17H2,1H3. The first-order valence-electron chi connectivity index (χ1n) is 10.0. The van der Waals surface area contributed by atoms with Crippen LogP contribution in [0.1, 0.15) is 28.4 Å². The minimum atomic E-state index is -3.84. The normalized spacial score (nSPS) is 11.3. The van der Waals surface area contributed by atoms with Crippen LogP contribution < -0.4 is 5.32 Å². The van der Waals surface area contributed by atoms with Gasteiger partial charge in [0.1, 0.15) is 11.3 Å². The van der Waals surface area contributed by atoms with Gasteiger partial charge in [-0.3, -0.25) is 0 Å². The van der Waals surface area contributed by atoms with Crippen LogP contribution in [0.25, 0.3) is 0 Å². The third kappa shape index (κ3) is 5.71. The summed E-state index contributed by atoms with van der Waals surface area (Å²) in [5.74, 6) is -1.09. The number of hydrogen-bond acceptors (Lipinski definition) is 6. The van der Waals surface area contributed by atoms with E-state index in [1.165, 1.54) is 17.7 Å². The zero-order valence-corrected chi connectivity index (χ0v) is 18.1. The highest BCUT2D eigenvalue weighted by molar-refractivity contribution is 7.91. The molecule has 0 bridgehead atoms. The van der Waals surface area contributed by atoms with E-state index in [2.05, 4.69) is 17.4 Å². The smallest absolute Gasteiger partial charge is 0.341 e. The van der Waals surface area contributed by atoms with Gasteiger partial charge >= 0.3 is 5.97 Å². The molecule has 0 atom stereocenters. The molecule has 7 heteroatoms. The van der Waals surface area contributed by atoms with Crippen molar-refractivity contribution in [2.24, 2.45) is 0 Å². The number of phenolic OH excluding ortho intramolecular Hbond substituents is 1. The Morgan fingerprint density at radius 2 is 1.61 bits per heavy atom. The average molecular weight is 440 g/mol. The van der Waals surface area contributed by atoms with Crippen molar-refractivity contribution in [2.75, 3.05) is 13.2 Å². The Balaban J connectivity index is 1.67. The third-order valence-electron chi connectivity index (χ3n) is 4.77. The fourth-order valence-corrected chi connectivity index (χ4v) is 4.37. The number of aromatic hydroxyl groups is 1. The first-order chi connectivity index (χ1) is 14.9. The van der Waals surface area contributed by atoms with Gasteiger partial charge < -0.3 is 15.2 Å². The maximum Gasteiger partial charge on any atom is 0.341 e. The van der Waals surface area contributed by atoms with E-state index in [-0.39, 0.29) is 27.7 Å². The van der Waals surface area contributed by atoms with Gasteiger partial charge in [0.2, 0.25) is 9.84 Å². The second kappa shape index (κ2) is 10.2. The molecule has 0 amide bonds. The average Bonchev–Trinajstić information content (AvgIpc) is 2.78. The van der Waals surface area contributed by atoms with Gasteiger partial charge in [-0.05, 0) is 61.3 Å². The summed E-state index contributed by atoms with van der Waals surface area (Å²) in [6.45, 7) is 3.30. The lowest BCUT2D eigenvalue weighted by Crippen LogP contribution is -2.16. The molecule has 0 aliphatic carbocycles. The van der Waals surface area contributed by atoms with Crippen LogP contribution in [0, 0.1) is 0 Å². The summed E-state index contributed by atoms with van der Waals surface area (Å²) in [6, 6.07) is 20.4. The number of phenols is 1. The minimum Gasteiger partial charge on any atom is -0.507 e. The zero-order valence-electron chi connectivity index (χ0n) is 17.2. The Morgan fingerprint density at radius 3 is 2.29 bits per heavy atom. The van der Waals surface area contributed by atoms with E-state index in [0.717, 1.165) is 31.1 Å². The van der Waals surface area contributed by atoms with Crippen molar-refractivity contribution in [3.63, 3.8) is 0 Å². The van der Waals surface area contributed by atoms with E-state index < -0.39 is 15.8 Å². The van der Waals surface area contributed by atoms with Crippen LogP contribution in [0.15, 0.2) is 82.6 Å². The summed E-state index contributed by atoms with van der Waals surface area (Å²) in [5, 5.41) is 13.2. The second-order valence-corrected chi connectivity index (χ2v) is 8.91. The number of carbonyl (C=O) groups excluding carboxylic acids is 1. The Labute approximate surface area is 182 Å². The van der Waals surface area contributed by atoms with Crippen LogP contribution in [-0.4, -0.2) is 32.6 Å². The van der Waals surface area contributed by atoms with Crippen molar-refractivity contribution in [2.45, 2.75) is 29.7 Å². The maximum absolute atomic E-state index is 13.0. The minimum absolute atomic E-state index is 0.0781. The first kappa shape index (κ1) is 22.5. The number of ether oxygens (including phenoxy) is 1. The lowest BCUT2D eigenvalue weighted by Gasteiger charge is -2.10. The Kier molecular flexibility index (Phi) is 7.44. The Morgan fingerprint density at radius 1 is 0.935 bits per heavy atom. The molecule has 3 aromatic rings. The number of sulfone groups is 1. The zero-order chi connectivity index (χ0) is 22.3. The van der Waals surface area contributed by atoms with Crippen molar-refractivity contribution in [3.05, 3.63) is 89.5 Å². The van der Waals surface area contributed by atoms with E-state index in [1.807, 2.05) is 18.2 Å². The van der Waals surface area contributed by atoms with Crippen molar-refractivity contribution in [1.82, 2.24) is 5.32 Å². The molecule has 0 heterocycles. The van der Waals surface area contributed by atoms with Gasteiger partial charge in [-0.15, -0.1) is 0 Å². The Bertz CT molecular complexity index is 1130. The lowest BCUT2D eigenvalue weighted by atomic mass is 10.1. The molecule has 0 radical (unpaired) electrons. The molecule has 6 nitrogen and oxygen atoms in total. The molecule has 0 saturated heterocycles. The number of rotatable bonds is 9. The molecule has 3 rings (SSSR count). The van der Waals surface area contributed by atoms with Crippen molar-refractivity contribution in [3.8, 4) is 5.75 Å². The molecule has 3 aromatic carbocycles. The largest absolute Gasteiger partial charge is 0.507 e. The van der Waals surface area contributed by atoms with Gasteiger partial charge in [-0.25, -0.2) is 13.2 Å². The summed E-state index contributed by atoms with van der Waals surface area (Å²) in [5.41, 5.74) is 2.04. The van der Waals surface area contributed by atoms with Gasteiger partial charge in [0, 0.05) is 6.54 Å². The topological polar surface area (TPSA) is 92.7 Å². The van der Waals surface area contributed by atoms with E-state index in [1.54, 1.807) is 31.2 Å². The van der Waals surface area contributed by atoms with E-state index in [4.69, 9.17) is 4.74 Å². The molecule has 0 fully saturated rings. The first-order valence-corrected chi connectivity index (χ1v) is 11.5. The molecular weight excluding hydrogens is 414 g/mol. The second-order valence-electron chi connectivity index (χ2n) is 6.96. The van der Waals surface area contributed by atoms with Crippen molar-refractivity contribution < 1.29 is 23.1 Å². The van der Waals surface area contributed by atoms with Gasteiger partial charge in [0.05, 0.1) is 16.4 Å². The highest BCUT2D eigenvalue weighted by Gasteiger charge is 2.22. The molecule has 0 aromatic heterocycles. The van der Waals surface area contributed by atoms with Crippen LogP contribution in [0.3, 0.4) is 0 Å². The third-order valence-corrected chi connectivity index (χ3v) is 6.54. The number of benzene rings is 3. The van der Waals surface area contributed by atoms with Crippen LogP contribution in [-0.2, 0) is 27.5 Å². The number of nitrogens with one attached hydrogen (secondary N) is 1. The SMILES string of the molecule is CCOC(=O)c1cc(S(=O)(=O)c2ccc(CCNCc3ccccc3)cc2)ccc1O. The maximum atomic E-state index is 13.0. The van der Waals surface area contributed by atoms with Crippen molar-refractivity contribution >= 4 is 15.8 Å².